The van der Waals surface area contributed by atoms with Gasteiger partial charge in [-0.15, -0.1) is 0 Å². The summed E-state index contributed by atoms with van der Waals surface area (Å²) in [7, 11) is 0. The lowest BCUT2D eigenvalue weighted by Crippen LogP contribution is -2.40. The third kappa shape index (κ3) is 4.64. The molecule has 0 bridgehead atoms. The molecule has 0 saturated carbocycles. The van der Waals surface area contributed by atoms with E-state index in [2.05, 4.69) is 10.2 Å². The van der Waals surface area contributed by atoms with Gasteiger partial charge in [0.05, 0.1) is 10.8 Å². The van der Waals surface area contributed by atoms with Gasteiger partial charge in [-0.2, -0.15) is 0 Å². The van der Waals surface area contributed by atoms with Crippen LogP contribution in [0.5, 0.6) is 0 Å². The van der Waals surface area contributed by atoms with E-state index < -0.39 is 4.92 Å². The Kier molecular flexibility index (Phi) is 5.58. The first-order valence-corrected chi connectivity index (χ1v) is 8.53. The molecule has 0 radical (unpaired) electrons. The summed E-state index contributed by atoms with van der Waals surface area (Å²) in [6, 6.07) is 12.3. The van der Waals surface area contributed by atoms with E-state index in [1.807, 2.05) is 0 Å². The van der Waals surface area contributed by atoms with Crippen LogP contribution in [-0.4, -0.2) is 28.8 Å². The molecule has 1 heterocycles. The first kappa shape index (κ1) is 18.0. The van der Waals surface area contributed by atoms with Crippen molar-refractivity contribution in [2.45, 2.75) is 19.4 Å². The van der Waals surface area contributed by atoms with Gasteiger partial charge in [-0.1, -0.05) is 18.2 Å². The molecule has 136 valence electrons. The summed E-state index contributed by atoms with van der Waals surface area (Å²) >= 11 is 0. The Morgan fingerprint density at radius 1 is 1.27 bits per heavy atom. The lowest BCUT2D eigenvalue weighted by atomic mass is 9.96. The second-order valence-electron chi connectivity index (χ2n) is 6.50. The fraction of sp³-hybridized carbons (Fsp3) is 0.316. The molecule has 1 fully saturated rings. The number of amides is 1. The van der Waals surface area contributed by atoms with E-state index >= 15 is 0 Å². The van der Waals surface area contributed by atoms with Crippen LogP contribution in [0.1, 0.15) is 18.4 Å². The first-order chi connectivity index (χ1) is 12.5. The lowest BCUT2D eigenvalue weighted by molar-refractivity contribution is -0.384. The minimum absolute atomic E-state index is 0.0515. The summed E-state index contributed by atoms with van der Waals surface area (Å²) in [5.41, 5.74) is 1.38. The van der Waals surface area contributed by atoms with Crippen molar-refractivity contribution in [1.29, 1.82) is 0 Å². The fourth-order valence-electron chi connectivity index (χ4n) is 3.20. The molecular weight excluding hydrogens is 337 g/mol. The number of benzene rings is 2. The summed E-state index contributed by atoms with van der Waals surface area (Å²) < 4.78 is 13.0. The van der Waals surface area contributed by atoms with Gasteiger partial charge in [0.2, 0.25) is 5.91 Å². The lowest BCUT2D eigenvalue weighted by Gasteiger charge is -2.32. The Morgan fingerprint density at radius 2 is 2.04 bits per heavy atom. The highest BCUT2D eigenvalue weighted by Gasteiger charge is 2.26. The van der Waals surface area contributed by atoms with Gasteiger partial charge >= 0.3 is 0 Å². The predicted molar refractivity (Wildman–Crippen MR) is 96.1 cm³/mol. The molecule has 1 saturated heterocycles. The normalized spacial score (nSPS) is 17.7. The van der Waals surface area contributed by atoms with E-state index in [0.29, 0.717) is 18.8 Å². The highest BCUT2D eigenvalue weighted by Crippen LogP contribution is 2.22. The summed E-state index contributed by atoms with van der Waals surface area (Å²) in [5.74, 6) is -0.570. The molecule has 1 amide bonds. The zero-order valence-electron chi connectivity index (χ0n) is 14.2. The molecule has 0 aromatic heterocycles. The van der Waals surface area contributed by atoms with Crippen LogP contribution in [0, 0.1) is 21.8 Å². The van der Waals surface area contributed by atoms with E-state index in [-0.39, 0.29) is 23.3 Å². The van der Waals surface area contributed by atoms with Crippen molar-refractivity contribution in [2.75, 3.05) is 18.4 Å². The number of rotatable bonds is 5. The zero-order chi connectivity index (χ0) is 18.5. The van der Waals surface area contributed by atoms with E-state index in [1.165, 1.54) is 24.3 Å². The van der Waals surface area contributed by atoms with Crippen molar-refractivity contribution in [3.8, 4) is 0 Å². The maximum atomic E-state index is 13.0. The number of carbonyl (C=O) groups excluding carboxylic acids is 1. The Bertz CT molecular complexity index is 795. The number of hydrogen-bond acceptors (Lipinski definition) is 4. The average Bonchev–Trinajstić information content (AvgIpc) is 2.64. The van der Waals surface area contributed by atoms with Crippen molar-refractivity contribution in [3.05, 3.63) is 70.0 Å². The van der Waals surface area contributed by atoms with Crippen LogP contribution < -0.4 is 5.32 Å². The minimum atomic E-state index is -0.485. The number of nitro groups is 1. The van der Waals surface area contributed by atoms with Crippen LogP contribution in [0.4, 0.5) is 15.8 Å². The minimum Gasteiger partial charge on any atom is -0.326 e. The van der Waals surface area contributed by atoms with E-state index in [4.69, 9.17) is 0 Å². The van der Waals surface area contributed by atoms with Gasteiger partial charge in [-0.25, -0.2) is 4.39 Å². The molecule has 0 spiro atoms. The second kappa shape index (κ2) is 8.05. The van der Waals surface area contributed by atoms with Gasteiger partial charge in [0, 0.05) is 30.9 Å². The molecule has 2 aromatic rings. The summed E-state index contributed by atoms with van der Waals surface area (Å²) in [5, 5.41) is 13.6. The highest BCUT2D eigenvalue weighted by molar-refractivity contribution is 5.93. The molecule has 1 aliphatic rings. The maximum Gasteiger partial charge on any atom is 0.271 e. The van der Waals surface area contributed by atoms with Gasteiger partial charge in [0.1, 0.15) is 5.82 Å². The van der Waals surface area contributed by atoms with Crippen LogP contribution in [0.15, 0.2) is 48.5 Å². The molecule has 7 heteroatoms. The van der Waals surface area contributed by atoms with Crippen molar-refractivity contribution in [1.82, 2.24) is 4.90 Å². The highest BCUT2D eigenvalue weighted by atomic mass is 19.1. The smallest absolute Gasteiger partial charge is 0.271 e. The topological polar surface area (TPSA) is 75.5 Å². The van der Waals surface area contributed by atoms with Crippen molar-refractivity contribution in [3.63, 3.8) is 0 Å². The number of hydrogen-bond donors (Lipinski definition) is 1. The number of nitrogens with one attached hydrogen (secondary N) is 1. The summed E-state index contributed by atoms with van der Waals surface area (Å²) in [4.78, 5) is 25.1. The number of anilines is 1. The number of halogens is 1. The number of nitrogens with zero attached hydrogens (tertiary/aromatic N) is 2. The molecule has 2 aromatic carbocycles. The van der Waals surface area contributed by atoms with Crippen molar-refractivity contribution >= 4 is 17.3 Å². The zero-order valence-corrected chi connectivity index (χ0v) is 14.2. The third-order valence-electron chi connectivity index (χ3n) is 4.52. The van der Waals surface area contributed by atoms with Gasteiger partial charge < -0.3 is 5.32 Å². The van der Waals surface area contributed by atoms with Crippen LogP contribution >= 0.6 is 0 Å². The standard InChI is InChI=1S/C19H20FN3O3/c20-16-8-6-14(7-9-16)12-22-10-2-3-15(13-22)19(24)21-17-4-1-5-18(11-17)23(25)26/h1,4-9,11,15H,2-3,10,12-13H2,(H,21,24)/t15-/m1/s1. The molecule has 1 N–H and O–H groups in total. The summed E-state index contributed by atoms with van der Waals surface area (Å²) in [6.07, 6.45) is 1.68. The number of carbonyl (C=O) groups is 1. The van der Waals surface area contributed by atoms with Crippen LogP contribution in [0.3, 0.4) is 0 Å². The van der Waals surface area contributed by atoms with E-state index in [9.17, 15) is 19.3 Å². The molecule has 0 aliphatic carbocycles. The fourth-order valence-corrected chi connectivity index (χ4v) is 3.20. The molecular formula is C19H20FN3O3. The molecule has 1 atom stereocenters. The van der Waals surface area contributed by atoms with E-state index in [0.717, 1.165) is 24.9 Å². The number of piperidine rings is 1. The average molecular weight is 357 g/mol. The van der Waals surface area contributed by atoms with E-state index in [1.54, 1.807) is 24.3 Å². The SMILES string of the molecule is O=C(Nc1cccc([N+](=O)[O-])c1)[C@@H]1CCCN(Cc2ccc(F)cc2)C1. The van der Waals surface area contributed by atoms with Crippen molar-refractivity contribution < 1.29 is 14.1 Å². The molecule has 6 nitrogen and oxygen atoms in total. The van der Waals surface area contributed by atoms with Gasteiger partial charge in [-0.3, -0.25) is 19.8 Å². The van der Waals surface area contributed by atoms with Crippen LogP contribution in [0.2, 0.25) is 0 Å². The summed E-state index contributed by atoms with van der Waals surface area (Å²) in [6.45, 7) is 2.16. The molecule has 1 aliphatic heterocycles. The Labute approximate surface area is 150 Å². The predicted octanol–water partition coefficient (Wildman–Crippen LogP) is 3.58. The first-order valence-electron chi connectivity index (χ1n) is 8.53. The Morgan fingerprint density at radius 3 is 2.77 bits per heavy atom. The second-order valence-corrected chi connectivity index (χ2v) is 6.50. The van der Waals surface area contributed by atoms with Crippen LogP contribution in [0.25, 0.3) is 0 Å². The van der Waals surface area contributed by atoms with Gasteiger partial charge in [0.25, 0.3) is 5.69 Å². The quantitative estimate of drug-likeness (QED) is 0.655. The monoisotopic (exact) mass is 357 g/mol. The Hall–Kier alpha value is -2.80. The third-order valence-corrected chi connectivity index (χ3v) is 4.52. The number of nitro benzene ring substituents is 1. The molecule has 26 heavy (non-hydrogen) atoms. The van der Waals surface area contributed by atoms with Crippen molar-refractivity contribution in [2.24, 2.45) is 5.92 Å². The van der Waals surface area contributed by atoms with Gasteiger partial charge in [-0.05, 0) is 43.1 Å². The largest absolute Gasteiger partial charge is 0.326 e. The maximum absolute atomic E-state index is 13.0. The Balaban J connectivity index is 1.60. The van der Waals surface area contributed by atoms with Crippen LogP contribution in [-0.2, 0) is 11.3 Å². The molecule has 3 rings (SSSR count). The number of likely N-dealkylation sites (tertiary alicyclic amines) is 1. The van der Waals surface area contributed by atoms with Gasteiger partial charge in [0.15, 0.2) is 0 Å². The number of non-ortho nitro benzene ring substituents is 1. The molecule has 0 unspecified atom stereocenters.